The number of aromatic hydroxyl groups is 1. The first-order valence-corrected chi connectivity index (χ1v) is 13.7. The number of nitro benzene ring substituents is 1. The van der Waals surface area contributed by atoms with Gasteiger partial charge >= 0.3 is 0 Å². The predicted molar refractivity (Wildman–Crippen MR) is 153 cm³/mol. The zero-order valence-electron chi connectivity index (χ0n) is 22.4. The van der Waals surface area contributed by atoms with Gasteiger partial charge in [0.05, 0.1) is 22.4 Å². The van der Waals surface area contributed by atoms with Crippen LogP contribution in [0.15, 0.2) is 95.1 Å². The zero-order valence-corrected chi connectivity index (χ0v) is 22.4. The molecule has 4 atom stereocenters. The van der Waals surface area contributed by atoms with Gasteiger partial charge in [-0.25, -0.2) is 4.90 Å². The van der Waals surface area contributed by atoms with Crippen LogP contribution in [0.1, 0.15) is 31.2 Å². The Morgan fingerprint density at radius 1 is 0.929 bits per heavy atom. The minimum absolute atomic E-state index is 0.0829. The molecule has 2 amide bonds. The second-order valence-electron chi connectivity index (χ2n) is 11.2. The van der Waals surface area contributed by atoms with Crippen LogP contribution >= 0.6 is 0 Å². The highest BCUT2D eigenvalue weighted by atomic mass is 16.6. The van der Waals surface area contributed by atoms with E-state index in [1.54, 1.807) is 31.2 Å². The molecule has 1 aliphatic heterocycles. The van der Waals surface area contributed by atoms with Crippen molar-refractivity contribution < 1.29 is 29.2 Å². The van der Waals surface area contributed by atoms with Gasteiger partial charge < -0.3 is 5.11 Å². The summed E-state index contributed by atoms with van der Waals surface area (Å²) >= 11 is 0. The lowest BCUT2D eigenvalue weighted by molar-refractivity contribution is -0.384. The number of imide groups is 1. The number of nitro groups is 1. The molecule has 3 aromatic carbocycles. The van der Waals surface area contributed by atoms with Crippen molar-refractivity contribution in [3.8, 4) is 5.75 Å². The highest BCUT2D eigenvalue weighted by Gasteiger charge is 2.56. The molecule has 1 N–H and O–H groups in total. The topological polar surface area (TPSA) is 135 Å². The summed E-state index contributed by atoms with van der Waals surface area (Å²) in [6.45, 7) is 1.60. The number of carbonyl (C=O) groups excluding carboxylic acids is 4. The Hall–Kier alpha value is -5.18. The molecule has 208 valence electrons. The number of rotatable bonds is 3. The summed E-state index contributed by atoms with van der Waals surface area (Å²) in [6, 6.07) is 16.0. The van der Waals surface area contributed by atoms with Crippen LogP contribution in [0.4, 0.5) is 11.4 Å². The summed E-state index contributed by atoms with van der Waals surface area (Å²) < 4.78 is 0. The third kappa shape index (κ3) is 3.56. The molecule has 3 aromatic rings. The van der Waals surface area contributed by atoms with Gasteiger partial charge in [-0.1, -0.05) is 48.0 Å². The largest absolute Gasteiger partial charge is 0.507 e. The maximum atomic E-state index is 14.1. The van der Waals surface area contributed by atoms with Crippen molar-refractivity contribution in [2.45, 2.75) is 25.7 Å². The molecule has 42 heavy (non-hydrogen) atoms. The molecule has 3 aliphatic carbocycles. The first kappa shape index (κ1) is 25.8. The average Bonchev–Trinajstić information content (AvgIpc) is 3.25. The second kappa shape index (κ2) is 9.17. The second-order valence-corrected chi connectivity index (χ2v) is 11.2. The number of hydrogen-bond acceptors (Lipinski definition) is 7. The van der Waals surface area contributed by atoms with Crippen LogP contribution in [0.2, 0.25) is 0 Å². The Balaban J connectivity index is 1.40. The number of carbonyl (C=O) groups is 4. The molecule has 0 radical (unpaired) electrons. The summed E-state index contributed by atoms with van der Waals surface area (Å²) in [4.78, 5) is 66.7. The Morgan fingerprint density at radius 3 is 2.45 bits per heavy atom. The lowest BCUT2D eigenvalue weighted by atomic mass is 9.59. The first-order chi connectivity index (χ1) is 20.2. The minimum Gasteiger partial charge on any atom is -0.507 e. The summed E-state index contributed by atoms with van der Waals surface area (Å²) in [5, 5.41) is 23.3. The molecule has 1 heterocycles. The molecule has 4 unspecified atom stereocenters. The van der Waals surface area contributed by atoms with Gasteiger partial charge in [0.2, 0.25) is 11.8 Å². The number of ketones is 2. The normalized spacial score (nSPS) is 25.2. The molecule has 0 bridgehead atoms. The smallest absolute Gasteiger partial charge is 0.271 e. The van der Waals surface area contributed by atoms with E-state index in [-0.39, 0.29) is 41.5 Å². The SMILES string of the molecule is CC1=CC(=O)C2=C(CC3C(=CCC4C(=O)N(c5cccc([N+](=O)[O-])c5)C(=O)C43)C2c2ccc(O)c3ccccc23)C1=O. The summed E-state index contributed by atoms with van der Waals surface area (Å²) in [7, 11) is 0. The van der Waals surface area contributed by atoms with Gasteiger partial charge in [0.25, 0.3) is 5.69 Å². The fraction of sp³-hybridized carbons (Fsp3) is 0.212. The molecule has 1 fully saturated rings. The first-order valence-electron chi connectivity index (χ1n) is 13.7. The molecule has 9 heteroatoms. The Labute approximate surface area is 239 Å². The van der Waals surface area contributed by atoms with Gasteiger partial charge in [-0.3, -0.25) is 29.3 Å². The Kier molecular flexibility index (Phi) is 5.63. The summed E-state index contributed by atoms with van der Waals surface area (Å²) in [5.41, 5.74) is 2.46. The molecule has 9 nitrogen and oxygen atoms in total. The molecule has 0 saturated carbocycles. The maximum Gasteiger partial charge on any atom is 0.271 e. The standard InChI is InChI=1S/C33H24N2O7/c1-16-13-27(37)30-25(31(16)38)15-24-22(28(30)21-11-12-26(36)20-8-3-2-7-19(20)21)9-10-23-29(24)33(40)34(32(23)39)17-5-4-6-18(14-17)35(41)42/h2-9,11-14,23-24,28-29,36H,10,15H2,1H3. The minimum atomic E-state index is -0.800. The fourth-order valence-corrected chi connectivity index (χ4v) is 7.30. The molecule has 7 rings (SSSR count). The number of phenols is 1. The highest BCUT2D eigenvalue weighted by Crippen LogP contribution is 2.56. The molecular weight excluding hydrogens is 536 g/mol. The van der Waals surface area contributed by atoms with Gasteiger partial charge in [-0.05, 0) is 54.8 Å². The monoisotopic (exact) mass is 560 g/mol. The maximum absolute atomic E-state index is 14.1. The van der Waals surface area contributed by atoms with Gasteiger partial charge in [0.15, 0.2) is 11.6 Å². The van der Waals surface area contributed by atoms with Crippen LogP contribution in [-0.2, 0) is 19.2 Å². The van der Waals surface area contributed by atoms with E-state index in [2.05, 4.69) is 0 Å². The number of anilines is 1. The number of non-ortho nitro benzene ring substituents is 1. The van der Waals surface area contributed by atoms with Crippen molar-refractivity contribution in [3.05, 3.63) is 111 Å². The van der Waals surface area contributed by atoms with E-state index in [4.69, 9.17) is 0 Å². The van der Waals surface area contributed by atoms with Crippen molar-refractivity contribution in [2.75, 3.05) is 4.90 Å². The van der Waals surface area contributed by atoms with Crippen molar-refractivity contribution in [2.24, 2.45) is 17.8 Å². The molecule has 0 aromatic heterocycles. The fourth-order valence-electron chi connectivity index (χ4n) is 7.30. The van der Waals surface area contributed by atoms with Crippen molar-refractivity contribution >= 4 is 45.5 Å². The van der Waals surface area contributed by atoms with E-state index in [0.29, 0.717) is 22.1 Å². The lowest BCUT2D eigenvalue weighted by Gasteiger charge is -2.42. The number of amides is 2. The van der Waals surface area contributed by atoms with Gasteiger partial charge in [-0.15, -0.1) is 0 Å². The quantitative estimate of drug-likeness (QED) is 0.155. The Bertz CT molecular complexity index is 1900. The number of fused-ring (bicyclic) bond motifs is 4. The van der Waals surface area contributed by atoms with Crippen LogP contribution in [-0.4, -0.2) is 33.4 Å². The summed E-state index contributed by atoms with van der Waals surface area (Å²) in [6.07, 6.45) is 3.66. The molecule has 1 saturated heterocycles. The number of nitrogens with zero attached hydrogens (tertiary/aromatic N) is 2. The Morgan fingerprint density at radius 2 is 1.69 bits per heavy atom. The van der Waals surface area contributed by atoms with Crippen LogP contribution in [0.25, 0.3) is 10.8 Å². The number of Topliss-reactive ketones (excluding diaryl/α,β-unsaturated/α-hetero) is 1. The predicted octanol–water partition coefficient (Wildman–Crippen LogP) is 5.09. The number of hydrogen-bond donors (Lipinski definition) is 1. The van der Waals surface area contributed by atoms with E-state index in [0.717, 1.165) is 21.4 Å². The van der Waals surface area contributed by atoms with Crippen LogP contribution in [0.5, 0.6) is 5.75 Å². The van der Waals surface area contributed by atoms with Gasteiger partial charge in [0.1, 0.15) is 5.75 Å². The van der Waals surface area contributed by atoms with Crippen molar-refractivity contribution in [1.29, 1.82) is 0 Å². The van der Waals surface area contributed by atoms with Crippen LogP contribution in [0.3, 0.4) is 0 Å². The summed E-state index contributed by atoms with van der Waals surface area (Å²) in [5.74, 6) is -4.04. The van der Waals surface area contributed by atoms with E-state index in [9.17, 15) is 34.4 Å². The van der Waals surface area contributed by atoms with E-state index < -0.39 is 40.4 Å². The zero-order chi connectivity index (χ0) is 29.4. The van der Waals surface area contributed by atoms with Gasteiger partial charge in [0, 0.05) is 40.2 Å². The molecule has 4 aliphatic rings. The third-order valence-corrected chi connectivity index (χ3v) is 9.11. The number of allylic oxidation sites excluding steroid dienone is 6. The highest BCUT2D eigenvalue weighted by molar-refractivity contribution is 6.25. The van der Waals surface area contributed by atoms with Crippen molar-refractivity contribution in [3.63, 3.8) is 0 Å². The number of phenolic OH excluding ortho intramolecular Hbond substituents is 1. The van der Waals surface area contributed by atoms with Crippen LogP contribution in [0, 0.1) is 27.9 Å². The third-order valence-electron chi connectivity index (χ3n) is 9.11. The van der Waals surface area contributed by atoms with E-state index in [1.165, 1.54) is 30.3 Å². The van der Waals surface area contributed by atoms with Crippen molar-refractivity contribution in [1.82, 2.24) is 0 Å². The van der Waals surface area contributed by atoms with E-state index in [1.807, 2.05) is 18.2 Å². The molecular formula is C33H24N2O7. The number of benzene rings is 3. The lowest BCUT2D eigenvalue weighted by Crippen LogP contribution is -2.39. The van der Waals surface area contributed by atoms with E-state index >= 15 is 0 Å². The van der Waals surface area contributed by atoms with Crippen LogP contribution < -0.4 is 4.90 Å². The average molecular weight is 561 g/mol. The van der Waals surface area contributed by atoms with Gasteiger partial charge in [-0.2, -0.15) is 0 Å². The molecule has 0 spiro atoms.